The number of nitrogens with zero attached hydrogens (tertiary/aromatic N) is 1. The number of benzene rings is 1. The molecule has 164 valence electrons. The van der Waals surface area contributed by atoms with E-state index in [1.54, 1.807) is 20.8 Å². The second-order valence-corrected chi connectivity index (χ2v) is 9.97. The van der Waals surface area contributed by atoms with E-state index < -0.39 is 42.0 Å². The van der Waals surface area contributed by atoms with Gasteiger partial charge in [-0.2, -0.15) is 0 Å². The van der Waals surface area contributed by atoms with Crippen LogP contribution in [0.5, 0.6) is 0 Å². The molecule has 0 spiro atoms. The van der Waals surface area contributed by atoms with E-state index >= 15 is 0 Å². The Morgan fingerprint density at radius 1 is 1.10 bits per heavy atom. The van der Waals surface area contributed by atoms with Crippen molar-refractivity contribution in [1.29, 1.82) is 0 Å². The first kappa shape index (κ1) is 22.6. The summed E-state index contributed by atoms with van der Waals surface area (Å²) in [5, 5.41) is 0. The number of fused-ring (bicyclic) bond motifs is 1. The molecule has 2 aliphatic heterocycles. The van der Waals surface area contributed by atoms with Crippen LogP contribution in [0.3, 0.4) is 0 Å². The molecule has 8 heteroatoms. The van der Waals surface area contributed by atoms with Gasteiger partial charge in [0.2, 0.25) is 0 Å². The summed E-state index contributed by atoms with van der Waals surface area (Å²) in [5.41, 5.74) is 1.27. The molecule has 30 heavy (non-hydrogen) atoms. The number of carbonyl (C=O) groups excluding carboxylic acids is 2. The first-order chi connectivity index (χ1) is 13.7. The SMILES string of the molecule is COC(=O)[C@@H]1Cc2ccc(B3OC(C)(C)C(C)(C)O3)cc2CN1C(=O)OC(C)(C)C. The molecule has 0 unspecified atom stereocenters. The largest absolute Gasteiger partial charge is 0.494 e. The number of ether oxygens (including phenoxy) is 2. The van der Waals surface area contributed by atoms with Crippen molar-refractivity contribution in [3.63, 3.8) is 0 Å². The lowest BCUT2D eigenvalue weighted by Gasteiger charge is -2.36. The Bertz CT molecular complexity index is 829. The van der Waals surface area contributed by atoms with E-state index in [4.69, 9.17) is 18.8 Å². The summed E-state index contributed by atoms with van der Waals surface area (Å²) in [6.45, 7) is 13.7. The van der Waals surface area contributed by atoms with Gasteiger partial charge in [0.1, 0.15) is 11.6 Å². The third-order valence-corrected chi connectivity index (χ3v) is 5.99. The van der Waals surface area contributed by atoms with Gasteiger partial charge in [-0.05, 0) is 65.1 Å². The topological polar surface area (TPSA) is 74.3 Å². The molecule has 0 aromatic heterocycles. The fraction of sp³-hybridized carbons (Fsp3) is 0.636. The van der Waals surface area contributed by atoms with E-state index in [2.05, 4.69) is 0 Å². The maximum Gasteiger partial charge on any atom is 0.494 e. The maximum atomic E-state index is 12.8. The first-order valence-electron chi connectivity index (χ1n) is 10.3. The van der Waals surface area contributed by atoms with Gasteiger partial charge in [0, 0.05) is 6.42 Å². The minimum atomic E-state index is -0.722. The number of hydrogen-bond donors (Lipinski definition) is 0. The third-order valence-electron chi connectivity index (χ3n) is 5.99. The molecular formula is C22H32BNO6. The van der Waals surface area contributed by atoms with Crippen LogP contribution in [0.15, 0.2) is 18.2 Å². The zero-order valence-corrected chi connectivity index (χ0v) is 19.2. The zero-order valence-electron chi connectivity index (χ0n) is 19.2. The molecule has 0 saturated carbocycles. The number of rotatable bonds is 2. The van der Waals surface area contributed by atoms with Gasteiger partial charge in [-0.25, -0.2) is 9.59 Å². The molecule has 0 bridgehead atoms. The van der Waals surface area contributed by atoms with Gasteiger partial charge in [0.05, 0.1) is 24.9 Å². The van der Waals surface area contributed by atoms with Crippen molar-refractivity contribution in [3.8, 4) is 0 Å². The lowest BCUT2D eigenvalue weighted by molar-refractivity contribution is -0.147. The smallest absolute Gasteiger partial charge is 0.467 e. The fourth-order valence-electron chi connectivity index (χ4n) is 3.59. The normalized spacial score (nSPS) is 22.5. The molecule has 1 saturated heterocycles. The van der Waals surface area contributed by atoms with Gasteiger partial charge < -0.3 is 18.8 Å². The number of esters is 1. The molecule has 1 atom stereocenters. The highest BCUT2D eigenvalue weighted by molar-refractivity contribution is 6.62. The number of methoxy groups -OCH3 is 1. The van der Waals surface area contributed by atoms with Crippen LogP contribution in [0, 0.1) is 0 Å². The summed E-state index contributed by atoms with van der Waals surface area (Å²) < 4.78 is 22.8. The highest BCUT2D eigenvalue weighted by atomic mass is 16.7. The Morgan fingerprint density at radius 2 is 1.70 bits per heavy atom. The molecule has 0 aliphatic carbocycles. The number of carbonyl (C=O) groups is 2. The molecule has 1 amide bonds. The molecule has 1 aromatic rings. The Kier molecular flexibility index (Phi) is 5.71. The summed E-state index contributed by atoms with van der Waals surface area (Å²) in [7, 11) is 0.834. The summed E-state index contributed by atoms with van der Waals surface area (Å²) in [4.78, 5) is 26.6. The average Bonchev–Trinajstić information content (AvgIpc) is 2.85. The van der Waals surface area contributed by atoms with Crippen molar-refractivity contribution < 1.29 is 28.4 Å². The molecule has 3 rings (SSSR count). The van der Waals surface area contributed by atoms with Gasteiger partial charge in [-0.15, -0.1) is 0 Å². The van der Waals surface area contributed by atoms with Gasteiger partial charge in [-0.3, -0.25) is 4.90 Å². The third kappa shape index (κ3) is 4.35. The van der Waals surface area contributed by atoms with Crippen molar-refractivity contribution >= 4 is 24.6 Å². The maximum absolute atomic E-state index is 12.8. The second-order valence-electron chi connectivity index (χ2n) is 9.97. The second kappa shape index (κ2) is 7.57. The molecule has 2 aliphatic rings. The fourth-order valence-corrected chi connectivity index (χ4v) is 3.59. The Labute approximate surface area is 179 Å². The van der Waals surface area contributed by atoms with Crippen molar-refractivity contribution in [2.24, 2.45) is 0 Å². The Balaban J connectivity index is 1.90. The van der Waals surface area contributed by atoms with Crippen molar-refractivity contribution in [3.05, 3.63) is 29.3 Å². The van der Waals surface area contributed by atoms with Gasteiger partial charge in [-0.1, -0.05) is 18.2 Å². The number of amides is 1. The Hall–Kier alpha value is -2.06. The van der Waals surface area contributed by atoms with Gasteiger partial charge in [0.15, 0.2) is 0 Å². The highest BCUT2D eigenvalue weighted by Gasteiger charge is 2.52. The Morgan fingerprint density at radius 3 is 2.23 bits per heavy atom. The molecule has 0 radical (unpaired) electrons. The van der Waals surface area contributed by atoms with Gasteiger partial charge >= 0.3 is 19.2 Å². The predicted molar refractivity (Wildman–Crippen MR) is 113 cm³/mol. The van der Waals surface area contributed by atoms with Crippen molar-refractivity contribution in [1.82, 2.24) is 4.90 Å². The molecule has 1 fully saturated rings. The summed E-state index contributed by atoms with van der Waals surface area (Å²) in [6.07, 6.45) is -0.171. The summed E-state index contributed by atoms with van der Waals surface area (Å²) in [6, 6.07) is 5.19. The van der Waals surface area contributed by atoms with Crippen molar-refractivity contribution in [2.45, 2.75) is 84.3 Å². The molecule has 7 nitrogen and oxygen atoms in total. The monoisotopic (exact) mass is 417 g/mol. The van der Waals surface area contributed by atoms with E-state index in [1.807, 2.05) is 45.9 Å². The lowest BCUT2D eigenvalue weighted by atomic mass is 9.76. The van der Waals surface area contributed by atoms with E-state index in [0.717, 1.165) is 16.6 Å². The zero-order chi connectivity index (χ0) is 22.5. The van der Waals surface area contributed by atoms with Crippen LogP contribution >= 0.6 is 0 Å². The lowest BCUT2D eigenvalue weighted by Crippen LogP contribution is -2.51. The summed E-state index contributed by atoms with van der Waals surface area (Å²) in [5.74, 6) is -0.457. The minimum absolute atomic E-state index is 0.247. The number of hydrogen-bond acceptors (Lipinski definition) is 6. The van der Waals surface area contributed by atoms with Gasteiger partial charge in [0.25, 0.3) is 0 Å². The average molecular weight is 417 g/mol. The van der Waals surface area contributed by atoms with Crippen molar-refractivity contribution in [2.75, 3.05) is 7.11 Å². The minimum Gasteiger partial charge on any atom is -0.467 e. The molecular weight excluding hydrogens is 385 g/mol. The van der Waals surface area contributed by atoms with Crippen LogP contribution in [0.25, 0.3) is 0 Å². The first-order valence-corrected chi connectivity index (χ1v) is 10.3. The van der Waals surface area contributed by atoms with E-state index in [0.29, 0.717) is 6.42 Å². The molecule has 2 heterocycles. The van der Waals surface area contributed by atoms with Crippen LogP contribution in [0.1, 0.15) is 59.6 Å². The highest BCUT2D eigenvalue weighted by Crippen LogP contribution is 2.37. The van der Waals surface area contributed by atoms with E-state index in [1.165, 1.54) is 12.0 Å². The van der Waals surface area contributed by atoms with E-state index in [-0.39, 0.29) is 6.54 Å². The predicted octanol–water partition coefficient (Wildman–Crippen LogP) is 2.82. The summed E-state index contributed by atoms with van der Waals surface area (Å²) >= 11 is 0. The standard InChI is InChI=1S/C22H32BNO6/c1-20(2,3)28-19(26)24-13-15-11-16(23-29-21(4,5)22(6,7)30-23)10-9-14(15)12-17(24)18(25)27-8/h9-11,17H,12-13H2,1-8H3/t17-/m0/s1. The van der Waals surface area contributed by atoms with Crippen LogP contribution in [0.2, 0.25) is 0 Å². The van der Waals surface area contributed by atoms with Crippen LogP contribution < -0.4 is 5.46 Å². The quantitative estimate of drug-likeness (QED) is 0.544. The van der Waals surface area contributed by atoms with Crippen LogP contribution in [0.4, 0.5) is 4.79 Å². The molecule has 1 aromatic carbocycles. The van der Waals surface area contributed by atoms with Crippen LogP contribution in [-0.2, 0) is 36.5 Å². The van der Waals surface area contributed by atoms with E-state index in [9.17, 15) is 9.59 Å². The van der Waals surface area contributed by atoms with Crippen LogP contribution in [-0.4, -0.2) is 54.0 Å². The molecule has 0 N–H and O–H groups in total.